The summed E-state index contributed by atoms with van der Waals surface area (Å²) in [5.74, 6) is 1.26. The lowest BCUT2D eigenvalue weighted by Gasteiger charge is -2.23. The molecule has 16 heavy (non-hydrogen) atoms. The van der Waals surface area contributed by atoms with Crippen LogP contribution < -0.4 is 5.32 Å². The van der Waals surface area contributed by atoms with Gasteiger partial charge in [-0.25, -0.2) is 4.98 Å². The number of halogens is 1. The first-order chi connectivity index (χ1) is 7.44. The van der Waals surface area contributed by atoms with E-state index in [0.29, 0.717) is 11.8 Å². The molecule has 0 aliphatic heterocycles. The van der Waals surface area contributed by atoms with E-state index < -0.39 is 0 Å². The highest BCUT2D eigenvalue weighted by Crippen LogP contribution is 2.20. The molecule has 0 radical (unpaired) electrons. The van der Waals surface area contributed by atoms with Gasteiger partial charge in [0.15, 0.2) is 0 Å². The molecule has 0 saturated heterocycles. The quantitative estimate of drug-likeness (QED) is 0.807. The summed E-state index contributed by atoms with van der Waals surface area (Å²) in [6, 6.07) is 0. The molecule has 1 rings (SSSR count). The Kier molecular flexibility index (Phi) is 4.47. The molecular formula is C11H19ClN4. The maximum Gasteiger partial charge on any atom is 0.242 e. The van der Waals surface area contributed by atoms with Crippen LogP contribution in [-0.4, -0.2) is 27.6 Å². The summed E-state index contributed by atoms with van der Waals surface area (Å²) in [5.41, 5.74) is 1.92. The van der Waals surface area contributed by atoms with Crippen LogP contribution in [0.15, 0.2) is 0 Å². The minimum Gasteiger partial charge on any atom is -0.352 e. The average Bonchev–Trinajstić information content (AvgIpc) is 2.20. The zero-order valence-corrected chi connectivity index (χ0v) is 11.1. The summed E-state index contributed by atoms with van der Waals surface area (Å²) < 4.78 is 0. The molecule has 0 aliphatic carbocycles. The number of aromatic nitrogens is 3. The molecule has 0 unspecified atom stereocenters. The molecule has 1 heterocycles. The van der Waals surface area contributed by atoms with Crippen LogP contribution in [0.2, 0.25) is 0 Å². The first-order valence-corrected chi connectivity index (χ1v) is 5.96. The van der Waals surface area contributed by atoms with Crippen LogP contribution >= 0.6 is 11.6 Å². The van der Waals surface area contributed by atoms with E-state index in [-0.39, 0.29) is 5.41 Å². The number of hydrogen-bond donors (Lipinski definition) is 1. The van der Waals surface area contributed by atoms with Gasteiger partial charge in [-0.15, -0.1) is 16.7 Å². The van der Waals surface area contributed by atoms with Crippen molar-refractivity contribution in [2.24, 2.45) is 5.41 Å². The van der Waals surface area contributed by atoms with Crippen molar-refractivity contribution in [3.8, 4) is 0 Å². The number of nitrogens with zero attached hydrogens (tertiary/aromatic N) is 3. The van der Waals surface area contributed by atoms with Crippen molar-refractivity contribution in [3.63, 3.8) is 0 Å². The molecule has 0 amide bonds. The highest BCUT2D eigenvalue weighted by Gasteiger charge is 2.17. The third kappa shape index (κ3) is 3.93. The smallest absolute Gasteiger partial charge is 0.242 e. The Labute approximate surface area is 102 Å². The van der Waals surface area contributed by atoms with Crippen LogP contribution in [-0.2, 0) is 0 Å². The van der Waals surface area contributed by atoms with Crippen LogP contribution in [0.25, 0.3) is 0 Å². The number of nitrogens with one attached hydrogen (secondary N) is 1. The Bertz CT molecular complexity index is 352. The Hall–Kier alpha value is -0.900. The molecule has 5 heteroatoms. The van der Waals surface area contributed by atoms with Gasteiger partial charge in [0.2, 0.25) is 5.95 Å². The SMILES string of the molecule is Cc1nnc(NCC(C)(C)CCCl)nc1C. The molecule has 0 spiro atoms. The summed E-state index contributed by atoms with van der Waals surface area (Å²) in [6.45, 7) is 8.95. The maximum atomic E-state index is 5.74. The number of aryl methyl sites for hydroxylation is 2. The number of hydrogen-bond acceptors (Lipinski definition) is 4. The normalized spacial score (nSPS) is 11.6. The summed E-state index contributed by atoms with van der Waals surface area (Å²) >= 11 is 5.74. The van der Waals surface area contributed by atoms with Gasteiger partial charge in [0.25, 0.3) is 0 Å². The van der Waals surface area contributed by atoms with E-state index in [4.69, 9.17) is 11.6 Å². The van der Waals surface area contributed by atoms with Crippen molar-refractivity contribution in [2.45, 2.75) is 34.1 Å². The molecule has 0 fully saturated rings. The second-order valence-electron chi connectivity index (χ2n) is 4.76. The minimum atomic E-state index is 0.143. The van der Waals surface area contributed by atoms with E-state index in [1.54, 1.807) is 0 Å². The predicted molar refractivity (Wildman–Crippen MR) is 66.9 cm³/mol. The Balaban J connectivity index is 2.57. The standard InChI is InChI=1S/C11H19ClN4/c1-8-9(2)15-16-10(14-8)13-7-11(3,4)5-6-12/h5-7H2,1-4H3,(H,13,14,16). The molecule has 4 nitrogen and oxygen atoms in total. The van der Waals surface area contributed by atoms with Gasteiger partial charge >= 0.3 is 0 Å². The van der Waals surface area contributed by atoms with Gasteiger partial charge in [0, 0.05) is 12.4 Å². The summed E-state index contributed by atoms with van der Waals surface area (Å²) in [7, 11) is 0. The van der Waals surface area contributed by atoms with Gasteiger partial charge in [-0.1, -0.05) is 13.8 Å². The van der Waals surface area contributed by atoms with Crippen LogP contribution in [0.1, 0.15) is 31.7 Å². The molecule has 0 bridgehead atoms. The van der Waals surface area contributed by atoms with Crippen molar-refractivity contribution in [3.05, 3.63) is 11.4 Å². The monoisotopic (exact) mass is 242 g/mol. The van der Waals surface area contributed by atoms with Crippen molar-refractivity contribution >= 4 is 17.5 Å². The second kappa shape index (κ2) is 5.43. The summed E-state index contributed by atoms with van der Waals surface area (Å²) in [5, 5.41) is 11.2. The molecule has 1 N–H and O–H groups in total. The molecule has 1 aromatic rings. The van der Waals surface area contributed by atoms with Crippen molar-refractivity contribution in [2.75, 3.05) is 17.7 Å². The maximum absolute atomic E-state index is 5.74. The van der Waals surface area contributed by atoms with E-state index in [1.807, 2.05) is 13.8 Å². The van der Waals surface area contributed by atoms with E-state index >= 15 is 0 Å². The van der Waals surface area contributed by atoms with Gasteiger partial charge < -0.3 is 5.32 Å². The van der Waals surface area contributed by atoms with E-state index in [1.165, 1.54) is 0 Å². The van der Waals surface area contributed by atoms with Crippen LogP contribution in [0.4, 0.5) is 5.95 Å². The van der Waals surface area contributed by atoms with Crippen molar-refractivity contribution in [1.82, 2.24) is 15.2 Å². The highest BCUT2D eigenvalue weighted by atomic mass is 35.5. The van der Waals surface area contributed by atoms with Gasteiger partial charge in [0.05, 0.1) is 11.4 Å². The third-order valence-corrected chi connectivity index (χ3v) is 2.78. The van der Waals surface area contributed by atoms with Crippen LogP contribution in [0, 0.1) is 19.3 Å². The molecular weight excluding hydrogens is 224 g/mol. The van der Waals surface area contributed by atoms with Gasteiger partial charge in [-0.3, -0.25) is 0 Å². The second-order valence-corrected chi connectivity index (χ2v) is 5.14. The lowest BCUT2D eigenvalue weighted by molar-refractivity contribution is 0.378. The van der Waals surface area contributed by atoms with Crippen molar-refractivity contribution in [1.29, 1.82) is 0 Å². The summed E-state index contributed by atoms with van der Waals surface area (Å²) in [6.07, 6.45) is 0.958. The highest BCUT2D eigenvalue weighted by molar-refractivity contribution is 6.17. The Morgan fingerprint density at radius 2 is 1.88 bits per heavy atom. The molecule has 0 saturated carbocycles. The lowest BCUT2D eigenvalue weighted by Crippen LogP contribution is -2.24. The summed E-state index contributed by atoms with van der Waals surface area (Å²) in [4.78, 5) is 4.32. The van der Waals surface area contributed by atoms with Gasteiger partial charge in [-0.05, 0) is 25.7 Å². The van der Waals surface area contributed by atoms with E-state index in [2.05, 4.69) is 34.3 Å². The van der Waals surface area contributed by atoms with Gasteiger partial charge in [-0.2, -0.15) is 5.10 Å². The Morgan fingerprint density at radius 1 is 1.19 bits per heavy atom. The van der Waals surface area contributed by atoms with E-state index in [9.17, 15) is 0 Å². The third-order valence-electron chi connectivity index (χ3n) is 2.59. The van der Waals surface area contributed by atoms with E-state index in [0.717, 1.165) is 24.4 Å². The number of anilines is 1. The molecule has 0 atom stereocenters. The zero-order valence-electron chi connectivity index (χ0n) is 10.3. The molecule has 1 aromatic heterocycles. The molecule has 0 aromatic carbocycles. The van der Waals surface area contributed by atoms with Crippen LogP contribution in [0.3, 0.4) is 0 Å². The lowest BCUT2D eigenvalue weighted by atomic mass is 9.90. The largest absolute Gasteiger partial charge is 0.352 e. The average molecular weight is 243 g/mol. The van der Waals surface area contributed by atoms with Gasteiger partial charge in [0.1, 0.15) is 0 Å². The first-order valence-electron chi connectivity index (χ1n) is 5.42. The number of rotatable bonds is 5. The molecule has 90 valence electrons. The topological polar surface area (TPSA) is 50.7 Å². The predicted octanol–water partition coefficient (Wildman–Crippen LogP) is 2.56. The van der Waals surface area contributed by atoms with Crippen LogP contribution in [0.5, 0.6) is 0 Å². The fourth-order valence-corrected chi connectivity index (χ4v) is 1.71. The number of alkyl halides is 1. The Morgan fingerprint density at radius 3 is 2.44 bits per heavy atom. The molecule has 0 aliphatic rings. The fraction of sp³-hybridized carbons (Fsp3) is 0.727. The van der Waals surface area contributed by atoms with Crippen molar-refractivity contribution < 1.29 is 0 Å². The first kappa shape index (κ1) is 13.2. The zero-order chi connectivity index (χ0) is 12.2. The minimum absolute atomic E-state index is 0.143. The fourth-order valence-electron chi connectivity index (χ4n) is 1.19.